The zero-order valence-corrected chi connectivity index (χ0v) is 8.43. The molecule has 0 bridgehead atoms. The van der Waals surface area contributed by atoms with Gasteiger partial charge in [-0.05, 0) is 24.6 Å². The summed E-state index contributed by atoms with van der Waals surface area (Å²) in [6, 6.07) is 10.4. The fraction of sp³-hybridized carbons (Fsp3) is 0.167. The van der Waals surface area contributed by atoms with Gasteiger partial charge in [0, 0.05) is 0 Å². The van der Waals surface area contributed by atoms with Gasteiger partial charge < -0.3 is 4.74 Å². The first kappa shape index (κ1) is 11.0. The first-order valence-corrected chi connectivity index (χ1v) is 4.46. The molecule has 1 aromatic carbocycles. The summed E-state index contributed by atoms with van der Waals surface area (Å²) in [5.41, 5.74) is 0.945. The van der Waals surface area contributed by atoms with E-state index in [1.807, 2.05) is 6.07 Å². The Labute approximate surface area is 88.6 Å². The van der Waals surface area contributed by atoms with Gasteiger partial charge in [-0.15, -0.1) is 0 Å². The Balaban J connectivity index is 2.73. The third-order valence-electron chi connectivity index (χ3n) is 1.80. The average molecular weight is 201 g/mol. The zero-order valence-electron chi connectivity index (χ0n) is 8.43. The molecule has 0 saturated carbocycles. The van der Waals surface area contributed by atoms with E-state index in [2.05, 4.69) is 6.58 Å². The second kappa shape index (κ2) is 4.97. The molecule has 1 aromatic rings. The summed E-state index contributed by atoms with van der Waals surface area (Å²) in [5.74, 6) is -0.509. The molecule has 0 aliphatic carbocycles. The minimum absolute atomic E-state index is 0.430. The fourth-order valence-electron chi connectivity index (χ4n) is 0.986. The van der Waals surface area contributed by atoms with E-state index in [-0.39, 0.29) is 0 Å². The summed E-state index contributed by atoms with van der Waals surface area (Å²) in [6.07, 6.45) is -0.877. The first-order chi connectivity index (χ1) is 7.15. The lowest BCUT2D eigenvalue weighted by Gasteiger charge is -2.09. The van der Waals surface area contributed by atoms with Crippen LogP contribution in [0, 0.1) is 11.3 Å². The SMILES string of the molecule is C=C(C)C(C#N)OC(=O)c1ccccc1. The van der Waals surface area contributed by atoms with Crippen LogP contribution in [0.3, 0.4) is 0 Å². The van der Waals surface area contributed by atoms with Crippen molar-refractivity contribution in [2.45, 2.75) is 13.0 Å². The molecule has 1 rings (SSSR count). The maximum Gasteiger partial charge on any atom is 0.339 e. The molecule has 0 radical (unpaired) electrons. The van der Waals surface area contributed by atoms with Crippen LogP contribution < -0.4 is 0 Å². The van der Waals surface area contributed by atoms with Gasteiger partial charge in [-0.25, -0.2) is 4.79 Å². The van der Waals surface area contributed by atoms with Crippen molar-refractivity contribution in [1.29, 1.82) is 5.26 Å². The van der Waals surface area contributed by atoms with Crippen molar-refractivity contribution in [1.82, 2.24) is 0 Å². The third-order valence-corrected chi connectivity index (χ3v) is 1.80. The number of ether oxygens (including phenoxy) is 1. The molecule has 3 heteroatoms. The largest absolute Gasteiger partial charge is 0.439 e. The number of hydrogen-bond acceptors (Lipinski definition) is 3. The minimum Gasteiger partial charge on any atom is -0.439 e. The quantitative estimate of drug-likeness (QED) is 0.557. The number of esters is 1. The van der Waals surface area contributed by atoms with Crippen molar-refractivity contribution >= 4 is 5.97 Å². The van der Waals surface area contributed by atoms with Crippen LogP contribution in [0.25, 0.3) is 0 Å². The van der Waals surface area contributed by atoms with Crippen molar-refractivity contribution in [3.05, 3.63) is 48.0 Å². The number of carbonyl (C=O) groups is 1. The van der Waals surface area contributed by atoms with Gasteiger partial charge >= 0.3 is 5.97 Å². The van der Waals surface area contributed by atoms with E-state index in [1.165, 1.54) is 0 Å². The van der Waals surface area contributed by atoms with Gasteiger partial charge in [-0.1, -0.05) is 24.8 Å². The smallest absolute Gasteiger partial charge is 0.339 e. The van der Waals surface area contributed by atoms with Crippen molar-refractivity contribution in [3.63, 3.8) is 0 Å². The van der Waals surface area contributed by atoms with E-state index in [4.69, 9.17) is 10.00 Å². The molecule has 15 heavy (non-hydrogen) atoms. The monoisotopic (exact) mass is 201 g/mol. The fourth-order valence-corrected chi connectivity index (χ4v) is 0.986. The Morgan fingerprint density at radius 1 is 1.47 bits per heavy atom. The number of rotatable bonds is 3. The van der Waals surface area contributed by atoms with Gasteiger partial charge in [0.2, 0.25) is 6.10 Å². The summed E-state index contributed by atoms with van der Waals surface area (Å²) in [4.78, 5) is 11.5. The second-order valence-corrected chi connectivity index (χ2v) is 3.13. The summed E-state index contributed by atoms with van der Waals surface area (Å²) in [5, 5.41) is 8.70. The number of nitriles is 1. The molecule has 0 N–H and O–H groups in total. The van der Waals surface area contributed by atoms with Gasteiger partial charge in [-0.2, -0.15) is 5.26 Å². The highest BCUT2D eigenvalue weighted by atomic mass is 16.5. The van der Waals surface area contributed by atoms with Gasteiger partial charge in [0.1, 0.15) is 6.07 Å². The molecule has 0 aliphatic rings. The summed E-state index contributed by atoms with van der Waals surface area (Å²) < 4.78 is 4.95. The van der Waals surface area contributed by atoms with Gasteiger partial charge in [0.25, 0.3) is 0 Å². The summed E-state index contributed by atoms with van der Waals surface area (Å²) >= 11 is 0. The van der Waals surface area contributed by atoms with Crippen molar-refractivity contribution in [2.75, 3.05) is 0 Å². The molecule has 0 amide bonds. The number of nitrogens with zero attached hydrogens (tertiary/aromatic N) is 1. The van der Waals surface area contributed by atoms with Crippen molar-refractivity contribution in [3.8, 4) is 6.07 Å². The number of benzene rings is 1. The molecular formula is C12H11NO2. The van der Waals surface area contributed by atoms with E-state index in [1.54, 1.807) is 37.3 Å². The third kappa shape index (κ3) is 2.96. The Morgan fingerprint density at radius 2 is 2.07 bits per heavy atom. The minimum atomic E-state index is -0.877. The lowest BCUT2D eigenvalue weighted by atomic mass is 10.2. The van der Waals surface area contributed by atoms with Crippen LogP contribution in [-0.2, 0) is 4.74 Å². The van der Waals surface area contributed by atoms with Crippen molar-refractivity contribution in [2.24, 2.45) is 0 Å². The van der Waals surface area contributed by atoms with Crippen LogP contribution in [-0.4, -0.2) is 12.1 Å². The van der Waals surface area contributed by atoms with Gasteiger partial charge in [-0.3, -0.25) is 0 Å². The zero-order chi connectivity index (χ0) is 11.3. The normalized spacial score (nSPS) is 11.2. The van der Waals surface area contributed by atoms with E-state index >= 15 is 0 Å². The average Bonchev–Trinajstić information content (AvgIpc) is 2.26. The molecule has 76 valence electrons. The van der Waals surface area contributed by atoms with Crippen molar-refractivity contribution < 1.29 is 9.53 Å². The predicted octanol–water partition coefficient (Wildman–Crippen LogP) is 2.31. The predicted molar refractivity (Wildman–Crippen MR) is 56.1 cm³/mol. The number of carbonyl (C=O) groups excluding carboxylic acids is 1. The second-order valence-electron chi connectivity index (χ2n) is 3.13. The Hall–Kier alpha value is -2.08. The molecule has 1 atom stereocenters. The lowest BCUT2D eigenvalue weighted by molar-refractivity contribution is 0.0458. The molecule has 0 aliphatic heterocycles. The van der Waals surface area contributed by atoms with E-state index in [0.29, 0.717) is 11.1 Å². The molecule has 0 heterocycles. The van der Waals surface area contributed by atoms with Gasteiger partial charge in [0.05, 0.1) is 5.56 Å². The highest BCUT2D eigenvalue weighted by Crippen LogP contribution is 2.07. The molecule has 0 aromatic heterocycles. The molecule has 0 saturated heterocycles. The lowest BCUT2D eigenvalue weighted by Crippen LogP contribution is -2.17. The van der Waals surface area contributed by atoms with E-state index in [0.717, 1.165) is 0 Å². The highest BCUT2D eigenvalue weighted by molar-refractivity contribution is 5.89. The van der Waals surface area contributed by atoms with E-state index < -0.39 is 12.1 Å². The van der Waals surface area contributed by atoms with Gasteiger partial charge in [0.15, 0.2) is 0 Å². The maximum absolute atomic E-state index is 11.5. The molecule has 0 fully saturated rings. The Kier molecular flexibility index (Phi) is 3.64. The van der Waals surface area contributed by atoms with E-state index in [9.17, 15) is 4.79 Å². The maximum atomic E-state index is 11.5. The van der Waals surface area contributed by atoms with Crippen LogP contribution >= 0.6 is 0 Å². The topological polar surface area (TPSA) is 50.1 Å². The standard InChI is InChI=1S/C12H11NO2/c1-9(2)11(8-13)15-12(14)10-6-4-3-5-7-10/h3-7,11H,1H2,2H3. The molecule has 0 spiro atoms. The number of hydrogen-bond donors (Lipinski definition) is 0. The summed E-state index contributed by atoms with van der Waals surface area (Å²) in [6.45, 7) is 5.22. The molecule has 3 nitrogen and oxygen atoms in total. The Morgan fingerprint density at radius 3 is 2.53 bits per heavy atom. The van der Waals surface area contributed by atoms with Crippen LogP contribution in [0.2, 0.25) is 0 Å². The summed E-state index contributed by atoms with van der Waals surface area (Å²) in [7, 11) is 0. The highest BCUT2D eigenvalue weighted by Gasteiger charge is 2.15. The Bertz CT molecular complexity index is 403. The first-order valence-electron chi connectivity index (χ1n) is 4.46. The van der Waals surface area contributed by atoms with Crippen LogP contribution in [0.15, 0.2) is 42.5 Å². The van der Waals surface area contributed by atoms with Crippen LogP contribution in [0.4, 0.5) is 0 Å². The van der Waals surface area contributed by atoms with Crippen LogP contribution in [0.1, 0.15) is 17.3 Å². The van der Waals surface area contributed by atoms with Crippen LogP contribution in [0.5, 0.6) is 0 Å². The molecule has 1 unspecified atom stereocenters. The molecular weight excluding hydrogens is 190 g/mol.